The standard InChI is InChI=1S/C9H16N2O/c1-3-5-8-7-9(12)11(10-8)6-4-2/h3-7H2,1-2H3. The van der Waals surface area contributed by atoms with E-state index in [2.05, 4.69) is 18.9 Å². The average Bonchev–Trinajstić information content (AvgIpc) is 2.34. The molecular formula is C9H16N2O. The highest BCUT2D eigenvalue weighted by molar-refractivity contribution is 6.04. The Balaban J connectivity index is 2.48. The number of hydrogen-bond donors (Lipinski definition) is 0. The Morgan fingerprint density at radius 1 is 1.42 bits per heavy atom. The molecule has 1 rings (SSSR count). The number of hydrogen-bond acceptors (Lipinski definition) is 2. The summed E-state index contributed by atoms with van der Waals surface area (Å²) in [6.07, 6.45) is 3.57. The van der Waals surface area contributed by atoms with E-state index in [1.165, 1.54) is 0 Å². The van der Waals surface area contributed by atoms with Crippen molar-refractivity contribution in [2.45, 2.75) is 39.5 Å². The Kier molecular flexibility index (Phi) is 3.26. The first-order valence-corrected chi connectivity index (χ1v) is 4.64. The molecule has 3 heteroatoms. The normalized spacial score (nSPS) is 17.0. The summed E-state index contributed by atoms with van der Waals surface area (Å²) in [5.74, 6) is 0.167. The molecule has 0 N–H and O–H groups in total. The van der Waals surface area contributed by atoms with E-state index in [0.29, 0.717) is 6.42 Å². The minimum Gasteiger partial charge on any atom is -0.273 e. The Bertz CT molecular complexity index is 199. The fraction of sp³-hybridized carbons (Fsp3) is 0.778. The summed E-state index contributed by atoms with van der Waals surface area (Å²) < 4.78 is 0. The zero-order chi connectivity index (χ0) is 8.97. The summed E-state index contributed by atoms with van der Waals surface area (Å²) in [4.78, 5) is 11.3. The summed E-state index contributed by atoms with van der Waals surface area (Å²) in [7, 11) is 0. The smallest absolute Gasteiger partial charge is 0.248 e. The van der Waals surface area contributed by atoms with E-state index in [4.69, 9.17) is 0 Å². The van der Waals surface area contributed by atoms with Gasteiger partial charge >= 0.3 is 0 Å². The van der Waals surface area contributed by atoms with Gasteiger partial charge in [0.2, 0.25) is 5.91 Å². The molecule has 0 aliphatic carbocycles. The lowest BCUT2D eigenvalue weighted by Crippen LogP contribution is -2.21. The molecule has 0 fully saturated rings. The first-order valence-electron chi connectivity index (χ1n) is 4.64. The van der Waals surface area contributed by atoms with Crippen LogP contribution in [0, 0.1) is 0 Å². The molecule has 0 bridgehead atoms. The molecule has 12 heavy (non-hydrogen) atoms. The maximum atomic E-state index is 11.3. The predicted molar refractivity (Wildman–Crippen MR) is 49.0 cm³/mol. The third kappa shape index (κ3) is 2.06. The van der Waals surface area contributed by atoms with Crippen LogP contribution in [0.25, 0.3) is 0 Å². The molecule has 0 radical (unpaired) electrons. The molecule has 0 spiro atoms. The molecule has 0 unspecified atom stereocenters. The Morgan fingerprint density at radius 3 is 2.75 bits per heavy atom. The van der Waals surface area contributed by atoms with Crippen LogP contribution in [0.1, 0.15) is 39.5 Å². The Morgan fingerprint density at radius 2 is 2.17 bits per heavy atom. The second-order valence-corrected chi connectivity index (χ2v) is 3.11. The molecule has 1 heterocycles. The molecule has 68 valence electrons. The first-order chi connectivity index (χ1) is 5.77. The van der Waals surface area contributed by atoms with Crippen LogP contribution in [0.5, 0.6) is 0 Å². The molecule has 0 saturated heterocycles. The molecule has 3 nitrogen and oxygen atoms in total. The van der Waals surface area contributed by atoms with Crippen molar-refractivity contribution >= 4 is 11.6 Å². The molecule has 0 aromatic rings. The van der Waals surface area contributed by atoms with Gasteiger partial charge in [-0.2, -0.15) is 5.10 Å². The van der Waals surface area contributed by atoms with Crippen molar-refractivity contribution in [3.05, 3.63) is 0 Å². The Labute approximate surface area is 73.4 Å². The number of amides is 1. The summed E-state index contributed by atoms with van der Waals surface area (Å²) in [5.41, 5.74) is 1.05. The third-order valence-corrected chi connectivity index (χ3v) is 1.88. The van der Waals surface area contributed by atoms with Crippen molar-refractivity contribution in [1.29, 1.82) is 0 Å². The first kappa shape index (κ1) is 9.23. The van der Waals surface area contributed by atoms with Gasteiger partial charge in [0.1, 0.15) is 0 Å². The molecule has 1 aliphatic rings. The van der Waals surface area contributed by atoms with Crippen LogP contribution in [0.15, 0.2) is 5.10 Å². The van der Waals surface area contributed by atoms with E-state index in [1.54, 1.807) is 5.01 Å². The van der Waals surface area contributed by atoms with E-state index in [0.717, 1.165) is 31.5 Å². The van der Waals surface area contributed by atoms with Gasteiger partial charge in [-0.1, -0.05) is 20.3 Å². The van der Waals surface area contributed by atoms with Crippen molar-refractivity contribution < 1.29 is 4.79 Å². The van der Waals surface area contributed by atoms with Gasteiger partial charge in [0.05, 0.1) is 6.42 Å². The van der Waals surface area contributed by atoms with Crippen LogP contribution in [-0.4, -0.2) is 23.2 Å². The van der Waals surface area contributed by atoms with Gasteiger partial charge < -0.3 is 0 Å². The summed E-state index contributed by atoms with van der Waals surface area (Å²) >= 11 is 0. The lowest BCUT2D eigenvalue weighted by atomic mass is 10.2. The highest BCUT2D eigenvalue weighted by Gasteiger charge is 2.21. The van der Waals surface area contributed by atoms with Crippen LogP contribution in [0.3, 0.4) is 0 Å². The third-order valence-electron chi connectivity index (χ3n) is 1.88. The van der Waals surface area contributed by atoms with Crippen molar-refractivity contribution in [1.82, 2.24) is 5.01 Å². The SMILES string of the molecule is CCCC1=NN(CCC)C(=O)C1. The Hall–Kier alpha value is -0.860. The highest BCUT2D eigenvalue weighted by Crippen LogP contribution is 2.11. The van der Waals surface area contributed by atoms with Crippen LogP contribution in [0.2, 0.25) is 0 Å². The van der Waals surface area contributed by atoms with Crippen molar-refractivity contribution in [2.24, 2.45) is 5.10 Å². The average molecular weight is 168 g/mol. The minimum absolute atomic E-state index is 0.167. The van der Waals surface area contributed by atoms with Crippen LogP contribution < -0.4 is 0 Å². The quantitative estimate of drug-likeness (QED) is 0.629. The van der Waals surface area contributed by atoms with Crippen LogP contribution >= 0.6 is 0 Å². The second kappa shape index (κ2) is 4.24. The van der Waals surface area contributed by atoms with E-state index in [9.17, 15) is 4.79 Å². The zero-order valence-electron chi connectivity index (χ0n) is 7.84. The van der Waals surface area contributed by atoms with Gasteiger partial charge in [0.15, 0.2) is 0 Å². The maximum Gasteiger partial charge on any atom is 0.248 e. The van der Waals surface area contributed by atoms with E-state index < -0.39 is 0 Å². The molecular weight excluding hydrogens is 152 g/mol. The van der Waals surface area contributed by atoms with Crippen molar-refractivity contribution in [3.63, 3.8) is 0 Å². The molecule has 0 aromatic carbocycles. The second-order valence-electron chi connectivity index (χ2n) is 3.11. The topological polar surface area (TPSA) is 32.7 Å². The monoisotopic (exact) mass is 168 g/mol. The van der Waals surface area contributed by atoms with Gasteiger partial charge in [0, 0.05) is 12.3 Å². The molecule has 1 aliphatic heterocycles. The van der Waals surface area contributed by atoms with Crippen LogP contribution in [0.4, 0.5) is 0 Å². The number of nitrogens with zero attached hydrogens (tertiary/aromatic N) is 2. The van der Waals surface area contributed by atoms with Crippen molar-refractivity contribution in [2.75, 3.05) is 6.54 Å². The van der Waals surface area contributed by atoms with E-state index >= 15 is 0 Å². The molecule has 0 aromatic heterocycles. The fourth-order valence-corrected chi connectivity index (χ4v) is 1.34. The summed E-state index contributed by atoms with van der Waals surface area (Å²) in [5, 5.41) is 5.85. The van der Waals surface area contributed by atoms with Gasteiger partial charge in [0.25, 0.3) is 0 Å². The minimum atomic E-state index is 0.167. The lowest BCUT2D eigenvalue weighted by Gasteiger charge is -2.08. The van der Waals surface area contributed by atoms with Crippen LogP contribution in [-0.2, 0) is 4.79 Å². The van der Waals surface area contributed by atoms with Gasteiger partial charge in [-0.15, -0.1) is 0 Å². The zero-order valence-corrected chi connectivity index (χ0v) is 7.84. The number of carbonyl (C=O) groups is 1. The number of rotatable bonds is 4. The predicted octanol–water partition coefficient (Wildman–Crippen LogP) is 1.78. The fourth-order valence-electron chi connectivity index (χ4n) is 1.34. The van der Waals surface area contributed by atoms with Gasteiger partial charge in [-0.3, -0.25) is 4.79 Å². The molecule has 1 amide bonds. The summed E-state index contributed by atoms with van der Waals surface area (Å²) in [6, 6.07) is 0. The lowest BCUT2D eigenvalue weighted by molar-refractivity contribution is -0.128. The molecule has 0 saturated carbocycles. The van der Waals surface area contributed by atoms with E-state index in [-0.39, 0.29) is 5.91 Å². The maximum absolute atomic E-state index is 11.3. The van der Waals surface area contributed by atoms with Gasteiger partial charge in [-0.25, -0.2) is 5.01 Å². The highest BCUT2D eigenvalue weighted by atomic mass is 16.2. The number of carbonyl (C=O) groups excluding carboxylic acids is 1. The molecule has 0 atom stereocenters. The van der Waals surface area contributed by atoms with E-state index in [1.807, 2.05) is 0 Å². The van der Waals surface area contributed by atoms with Crippen molar-refractivity contribution in [3.8, 4) is 0 Å². The summed E-state index contributed by atoms with van der Waals surface area (Å²) in [6.45, 7) is 4.93. The number of hydrazone groups is 1. The largest absolute Gasteiger partial charge is 0.273 e. The van der Waals surface area contributed by atoms with Gasteiger partial charge in [-0.05, 0) is 12.8 Å².